The molecule has 0 aliphatic heterocycles. The summed E-state index contributed by atoms with van der Waals surface area (Å²) in [5.74, 6) is 0.945. The molecule has 0 saturated carbocycles. The molecule has 0 saturated heterocycles. The largest absolute Gasteiger partial charge is 0.384 e. The van der Waals surface area contributed by atoms with Crippen molar-refractivity contribution in [2.24, 2.45) is 0 Å². The summed E-state index contributed by atoms with van der Waals surface area (Å²) in [6, 6.07) is 20.0. The first-order valence-electron chi connectivity index (χ1n) is 6.32. The number of nitrogens with zero attached hydrogens (tertiary/aromatic N) is 2. The lowest BCUT2D eigenvalue weighted by molar-refractivity contribution is 1.17. The van der Waals surface area contributed by atoms with Gasteiger partial charge in [0, 0.05) is 11.9 Å². The third kappa shape index (κ3) is 2.75. The maximum atomic E-state index is 5.62. The average Bonchev–Trinajstić information content (AvgIpc) is 2.49. The Kier molecular flexibility index (Phi) is 3.29. The van der Waals surface area contributed by atoms with E-state index >= 15 is 0 Å². The highest BCUT2D eigenvalue weighted by Crippen LogP contribution is 2.22. The minimum Gasteiger partial charge on any atom is -0.384 e. The van der Waals surface area contributed by atoms with Gasteiger partial charge in [0.2, 0.25) is 5.95 Å². The zero-order valence-corrected chi connectivity index (χ0v) is 10.8. The van der Waals surface area contributed by atoms with Crippen LogP contribution in [0.5, 0.6) is 0 Å². The van der Waals surface area contributed by atoms with Crippen molar-refractivity contribution >= 4 is 17.5 Å². The Labute approximate surface area is 117 Å². The molecule has 1 aromatic heterocycles. The molecule has 1 heterocycles. The summed E-state index contributed by atoms with van der Waals surface area (Å²) in [6.45, 7) is 0. The van der Waals surface area contributed by atoms with E-state index in [0.29, 0.717) is 11.8 Å². The zero-order chi connectivity index (χ0) is 13.8. The monoisotopic (exact) mass is 262 g/mol. The molecule has 0 atom stereocenters. The third-order valence-electron chi connectivity index (χ3n) is 2.93. The lowest BCUT2D eigenvalue weighted by Crippen LogP contribution is -1.99. The number of hydrogen-bond donors (Lipinski definition) is 2. The van der Waals surface area contributed by atoms with Gasteiger partial charge in [-0.15, -0.1) is 0 Å². The van der Waals surface area contributed by atoms with Crippen LogP contribution >= 0.6 is 0 Å². The van der Waals surface area contributed by atoms with Crippen LogP contribution < -0.4 is 11.1 Å². The highest BCUT2D eigenvalue weighted by molar-refractivity contribution is 5.67. The van der Waals surface area contributed by atoms with Crippen molar-refractivity contribution in [3.63, 3.8) is 0 Å². The van der Waals surface area contributed by atoms with E-state index in [2.05, 4.69) is 39.6 Å². The van der Waals surface area contributed by atoms with Gasteiger partial charge >= 0.3 is 0 Å². The summed E-state index contributed by atoms with van der Waals surface area (Å²) in [7, 11) is 0. The molecule has 0 bridgehead atoms. The van der Waals surface area contributed by atoms with Crippen molar-refractivity contribution in [1.82, 2.24) is 9.97 Å². The first kappa shape index (κ1) is 12.2. The van der Waals surface area contributed by atoms with Crippen molar-refractivity contribution in [2.75, 3.05) is 11.1 Å². The lowest BCUT2D eigenvalue weighted by Gasteiger charge is -2.06. The molecule has 0 spiro atoms. The van der Waals surface area contributed by atoms with Gasteiger partial charge in [0.15, 0.2) is 0 Å². The van der Waals surface area contributed by atoms with Crippen LogP contribution in [0.3, 0.4) is 0 Å². The topological polar surface area (TPSA) is 63.8 Å². The van der Waals surface area contributed by atoms with Crippen LogP contribution in [0.4, 0.5) is 17.5 Å². The molecule has 3 aromatic rings. The van der Waals surface area contributed by atoms with Crippen LogP contribution in [0.25, 0.3) is 11.1 Å². The highest BCUT2D eigenvalue weighted by Gasteiger charge is 2.00. The smallest absolute Gasteiger partial charge is 0.229 e. The van der Waals surface area contributed by atoms with Crippen LogP contribution in [0.2, 0.25) is 0 Å². The molecular weight excluding hydrogens is 248 g/mol. The summed E-state index contributed by atoms with van der Waals surface area (Å²) in [4.78, 5) is 8.22. The van der Waals surface area contributed by atoms with Gasteiger partial charge in [-0.25, -0.2) is 4.98 Å². The van der Waals surface area contributed by atoms with Gasteiger partial charge in [-0.2, -0.15) is 4.98 Å². The maximum absolute atomic E-state index is 5.62. The minimum absolute atomic E-state index is 0.448. The molecule has 0 amide bonds. The van der Waals surface area contributed by atoms with Gasteiger partial charge in [0.1, 0.15) is 5.82 Å². The molecular formula is C16H14N4. The first-order chi connectivity index (χ1) is 9.81. The quantitative estimate of drug-likeness (QED) is 0.758. The Bertz CT molecular complexity index is 693. The van der Waals surface area contributed by atoms with E-state index in [0.717, 1.165) is 5.69 Å². The molecule has 0 unspecified atom stereocenters. The number of aromatic nitrogens is 2. The predicted octanol–water partition coefficient (Wildman–Crippen LogP) is 3.47. The first-order valence-corrected chi connectivity index (χ1v) is 6.32. The second-order valence-corrected chi connectivity index (χ2v) is 4.37. The van der Waals surface area contributed by atoms with E-state index in [9.17, 15) is 0 Å². The van der Waals surface area contributed by atoms with Gasteiger partial charge in [-0.05, 0) is 29.3 Å². The van der Waals surface area contributed by atoms with Gasteiger partial charge in [0.05, 0.1) is 0 Å². The molecule has 2 aromatic carbocycles. The predicted molar refractivity (Wildman–Crippen MR) is 81.6 cm³/mol. The summed E-state index contributed by atoms with van der Waals surface area (Å²) in [6.07, 6.45) is 1.63. The second-order valence-electron chi connectivity index (χ2n) is 4.37. The fourth-order valence-corrected chi connectivity index (χ4v) is 1.94. The van der Waals surface area contributed by atoms with Gasteiger partial charge < -0.3 is 11.1 Å². The number of benzene rings is 2. The van der Waals surface area contributed by atoms with Crippen LogP contribution in [-0.2, 0) is 0 Å². The molecule has 3 rings (SSSR count). The van der Waals surface area contributed by atoms with E-state index < -0.39 is 0 Å². The number of hydrogen-bond acceptors (Lipinski definition) is 4. The summed E-state index contributed by atoms with van der Waals surface area (Å²) >= 11 is 0. The zero-order valence-electron chi connectivity index (χ0n) is 10.8. The molecule has 4 nitrogen and oxygen atoms in total. The standard InChI is InChI=1S/C16H14N4/c17-15-10-11-18-16(20-15)19-14-8-6-13(7-9-14)12-4-2-1-3-5-12/h1-11H,(H3,17,18,19,20). The Morgan fingerprint density at radius 2 is 1.50 bits per heavy atom. The van der Waals surface area contributed by atoms with E-state index in [4.69, 9.17) is 5.73 Å². The third-order valence-corrected chi connectivity index (χ3v) is 2.93. The van der Waals surface area contributed by atoms with Gasteiger partial charge in [-0.3, -0.25) is 0 Å². The Balaban J connectivity index is 1.80. The van der Waals surface area contributed by atoms with E-state index in [1.54, 1.807) is 12.3 Å². The van der Waals surface area contributed by atoms with Crippen LogP contribution in [-0.4, -0.2) is 9.97 Å². The van der Waals surface area contributed by atoms with Crippen molar-refractivity contribution in [2.45, 2.75) is 0 Å². The maximum Gasteiger partial charge on any atom is 0.229 e. The molecule has 0 fully saturated rings. The van der Waals surface area contributed by atoms with Crippen LogP contribution in [0.1, 0.15) is 0 Å². The van der Waals surface area contributed by atoms with E-state index in [1.165, 1.54) is 11.1 Å². The summed E-state index contributed by atoms with van der Waals surface area (Å²) < 4.78 is 0. The number of nitrogens with one attached hydrogen (secondary N) is 1. The fraction of sp³-hybridized carbons (Fsp3) is 0. The van der Waals surface area contributed by atoms with Crippen LogP contribution in [0, 0.1) is 0 Å². The average molecular weight is 262 g/mol. The fourth-order valence-electron chi connectivity index (χ4n) is 1.94. The SMILES string of the molecule is Nc1ccnc(Nc2ccc(-c3ccccc3)cc2)n1. The number of rotatable bonds is 3. The van der Waals surface area contributed by atoms with Crippen LogP contribution in [0.15, 0.2) is 66.9 Å². The van der Waals surface area contributed by atoms with E-state index in [1.807, 2.05) is 30.3 Å². The molecule has 20 heavy (non-hydrogen) atoms. The van der Waals surface area contributed by atoms with Crippen molar-refractivity contribution in [3.8, 4) is 11.1 Å². The summed E-state index contributed by atoms with van der Waals surface area (Å²) in [5, 5.41) is 3.12. The molecule has 0 aliphatic rings. The highest BCUT2D eigenvalue weighted by atomic mass is 15.1. The molecule has 0 radical (unpaired) electrons. The van der Waals surface area contributed by atoms with Crippen molar-refractivity contribution < 1.29 is 0 Å². The molecule has 3 N–H and O–H groups in total. The molecule has 4 heteroatoms. The molecule has 98 valence electrons. The molecule has 0 aliphatic carbocycles. The Morgan fingerprint density at radius 1 is 0.800 bits per heavy atom. The number of anilines is 3. The lowest BCUT2D eigenvalue weighted by atomic mass is 10.1. The Hall–Kier alpha value is -2.88. The van der Waals surface area contributed by atoms with Crippen molar-refractivity contribution in [1.29, 1.82) is 0 Å². The second kappa shape index (κ2) is 5.40. The van der Waals surface area contributed by atoms with Gasteiger partial charge in [-0.1, -0.05) is 42.5 Å². The number of nitrogens with two attached hydrogens (primary N) is 1. The van der Waals surface area contributed by atoms with Gasteiger partial charge in [0.25, 0.3) is 0 Å². The van der Waals surface area contributed by atoms with Crippen molar-refractivity contribution in [3.05, 3.63) is 66.9 Å². The summed E-state index contributed by atoms with van der Waals surface area (Å²) in [5.41, 5.74) is 8.91. The number of nitrogen functional groups attached to an aromatic ring is 1. The minimum atomic E-state index is 0.448. The Morgan fingerprint density at radius 3 is 2.20 bits per heavy atom. The normalized spacial score (nSPS) is 10.2. The van der Waals surface area contributed by atoms with E-state index in [-0.39, 0.29) is 0 Å².